The molecule has 0 radical (unpaired) electrons. The highest BCUT2D eigenvalue weighted by molar-refractivity contribution is 6.05. The maximum atomic E-state index is 11.8. The number of aromatic carboxylic acids is 1. The van der Waals surface area contributed by atoms with Crippen molar-refractivity contribution in [1.82, 2.24) is 0 Å². The number of rotatable bonds is 6. The van der Waals surface area contributed by atoms with Gasteiger partial charge in [0.05, 0.1) is 43.7 Å². The molecule has 2 rings (SSSR count). The third-order valence-electron chi connectivity index (χ3n) is 4.13. The molecule has 212 valence electrons. The summed E-state index contributed by atoms with van der Waals surface area (Å²) >= 11 is 0. The van der Waals surface area contributed by atoms with Gasteiger partial charge in [-0.25, -0.2) is 19.2 Å². The van der Waals surface area contributed by atoms with Crippen molar-refractivity contribution in [2.75, 3.05) is 26.7 Å². The predicted molar refractivity (Wildman–Crippen MR) is 133 cm³/mol. The maximum absolute atomic E-state index is 11.8. The van der Waals surface area contributed by atoms with Gasteiger partial charge in [-0.2, -0.15) is 0 Å². The molecule has 0 saturated heterocycles. The van der Waals surface area contributed by atoms with Gasteiger partial charge in [-0.05, 0) is 32.9 Å². The second-order valence-corrected chi connectivity index (χ2v) is 7.83. The fraction of sp³-hybridized carbons (Fsp3) is 0.304. The Morgan fingerprint density at radius 3 is 1.77 bits per heavy atom. The Labute approximate surface area is 222 Å². The number of alkyl halides is 1. The summed E-state index contributed by atoms with van der Waals surface area (Å²) in [7, 11) is 1.20. The van der Waals surface area contributed by atoms with Crippen LogP contribution in [0, 0.1) is 20.2 Å². The number of hydrogen-bond acceptors (Lipinski definition) is 11. The summed E-state index contributed by atoms with van der Waals surface area (Å²) in [6.45, 7) is 4.94. The Bertz CT molecular complexity index is 1260. The number of carbonyl (C=O) groups is 4. The molecule has 0 atom stereocenters. The van der Waals surface area contributed by atoms with E-state index in [-0.39, 0.29) is 16.8 Å². The van der Waals surface area contributed by atoms with Crippen LogP contribution in [-0.2, 0) is 14.2 Å². The second-order valence-electron chi connectivity index (χ2n) is 7.83. The largest absolute Gasteiger partial charge is 0.477 e. The summed E-state index contributed by atoms with van der Waals surface area (Å²) in [5.74, 6) is -3.28. The van der Waals surface area contributed by atoms with Crippen molar-refractivity contribution < 1.29 is 54.1 Å². The number of esters is 2. The van der Waals surface area contributed by atoms with Crippen LogP contribution in [0.25, 0.3) is 0 Å². The van der Waals surface area contributed by atoms with Crippen molar-refractivity contribution in [3.05, 3.63) is 73.3 Å². The van der Waals surface area contributed by atoms with E-state index in [0.29, 0.717) is 0 Å². The molecule has 0 aromatic heterocycles. The van der Waals surface area contributed by atoms with Crippen LogP contribution in [0.2, 0.25) is 0 Å². The molecule has 0 spiro atoms. The maximum Gasteiger partial charge on any atom is 0.412 e. The number of nitrogens with zero attached hydrogens (tertiary/aromatic N) is 2. The SMILES string of the molecule is COC(=O)c1cccc([N+](=O)[O-])c1C(=O)O.COC(=O)c1cccc([N+](=O)[O-])c1NC(=O)OC(C)(C)C.[2H]CF. The molecule has 16 heteroatoms. The average Bonchev–Trinajstić information content (AvgIpc) is 2.86. The first-order valence-corrected chi connectivity index (χ1v) is 10.4. The molecule has 0 heterocycles. The second kappa shape index (κ2) is 15.2. The number of nitro groups is 2. The summed E-state index contributed by atoms with van der Waals surface area (Å²) in [4.78, 5) is 65.5. The van der Waals surface area contributed by atoms with Gasteiger partial charge in [-0.3, -0.25) is 29.9 Å². The van der Waals surface area contributed by atoms with E-state index in [0.717, 1.165) is 26.4 Å². The first-order valence-electron chi connectivity index (χ1n) is 11.1. The summed E-state index contributed by atoms with van der Waals surface area (Å²) < 4.78 is 29.4. The zero-order valence-corrected chi connectivity index (χ0v) is 21.4. The molecule has 2 N–H and O–H groups in total. The zero-order valence-electron chi connectivity index (χ0n) is 22.4. The summed E-state index contributed by atoms with van der Waals surface area (Å²) in [6, 6.07) is 7.18. The smallest absolute Gasteiger partial charge is 0.412 e. The van der Waals surface area contributed by atoms with E-state index in [1.54, 1.807) is 20.8 Å². The summed E-state index contributed by atoms with van der Waals surface area (Å²) in [5.41, 5.74) is -3.25. The highest BCUT2D eigenvalue weighted by atomic mass is 19.1. The number of hydrogen-bond donors (Lipinski definition) is 2. The number of carbonyl (C=O) groups excluding carboxylic acids is 3. The Morgan fingerprint density at radius 2 is 1.36 bits per heavy atom. The van der Waals surface area contributed by atoms with Crippen molar-refractivity contribution in [2.24, 2.45) is 0 Å². The number of para-hydroxylation sites is 1. The molecule has 0 aliphatic rings. The molecule has 15 nitrogen and oxygen atoms in total. The number of halogens is 1. The van der Waals surface area contributed by atoms with Crippen LogP contribution in [0.4, 0.5) is 26.2 Å². The number of benzene rings is 2. The minimum atomic E-state index is -1.55. The van der Waals surface area contributed by atoms with Gasteiger partial charge < -0.3 is 19.3 Å². The third-order valence-corrected chi connectivity index (χ3v) is 4.13. The van der Waals surface area contributed by atoms with Gasteiger partial charge in [0.25, 0.3) is 11.4 Å². The van der Waals surface area contributed by atoms with Gasteiger partial charge in [0.1, 0.15) is 11.3 Å². The average molecular weight is 556 g/mol. The molecule has 39 heavy (non-hydrogen) atoms. The van der Waals surface area contributed by atoms with Gasteiger partial charge in [-0.1, -0.05) is 12.1 Å². The summed E-state index contributed by atoms with van der Waals surface area (Å²) in [5, 5.41) is 32.6. The van der Waals surface area contributed by atoms with Crippen LogP contribution in [0.3, 0.4) is 0 Å². The number of anilines is 1. The lowest BCUT2D eigenvalue weighted by Crippen LogP contribution is -2.28. The Balaban J connectivity index is 0.000000712. The van der Waals surface area contributed by atoms with Crippen molar-refractivity contribution in [1.29, 1.82) is 0 Å². The minimum absolute atomic E-state index is 0.127. The van der Waals surface area contributed by atoms with Crippen molar-refractivity contribution in [3.63, 3.8) is 0 Å². The van der Waals surface area contributed by atoms with Crippen LogP contribution in [0.1, 0.15) is 53.2 Å². The topological polar surface area (TPSA) is 215 Å². The predicted octanol–water partition coefficient (Wildman–Crippen LogP) is 4.39. The zero-order chi connectivity index (χ0) is 31.2. The number of amides is 1. The Hall–Kier alpha value is -5.15. The Kier molecular flexibility index (Phi) is 12.4. The van der Waals surface area contributed by atoms with Crippen LogP contribution < -0.4 is 5.32 Å². The quantitative estimate of drug-likeness (QED) is 0.219. The number of carboxylic acids is 1. The van der Waals surface area contributed by atoms with E-state index >= 15 is 0 Å². The number of methoxy groups -OCH3 is 2. The van der Waals surface area contributed by atoms with E-state index < -0.39 is 63.5 Å². The first kappa shape index (κ1) is 31.9. The third kappa shape index (κ3) is 10.0. The molecule has 0 bridgehead atoms. The molecule has 2 aromatic carbocycles. The van der Waals surface area contributed by atoms with E-state index in [1.807, 2.05) is 0 Å². The number of nitro benzene ring substituents is 2. The van der Waals surface area contributed by atoms with Crippen LogP contribution in [0.5, 0.6) is 0 Å². The van der Waals surface area contributed by atoms with Gasteiger partial charge in [-0.15, -0.1) is 0 Å². The minimum Gasteiger partial charge on any atom is -0.477 e. The standard InChI is InChI=1S/C13H16N2O6.C9H7NO6.CH3F/c1-13(2,3)21-12(17)14-10-8(11(16)20-4)6-5-7-9(10)15(18)19;1-16-9(13)5-3-2-4-6(10(14)15)7(5)8(11)12;1-2/h5-7H,1-4H3,(H,14,17);2-4H,1H3,(H,11,12);1H3/i;;1D. The lowest BCUT2D eigenvalue weighted by atomic mass is 10.1. The highest BCUT2D eigenvalue weighted by Crippen LogP contribution is 2.29. The monoisotopic (exact) mass is 556 g/mol. The van der Waals surface area contributed by atoms with E-state index in [2.05, 4.69) is 14.8 Å². The van der Waals surface area contributed by atoms with E-state index in [9.17, 15) is 43.8 Å². The number of nitrogens with one attached hydrogen (secondary N) is 1. The van der Waals surface area contributed by atoms with Gasteiger partial charge >= 0.3 is 24.0 Å². The van der Waals surface area contributed by atoms with Gasteiger partial charge in [0, 0.05) is 12.1 Å². The molecular formula is C23H26FN3O12. The first-order chi connectivity index (χ1) is 18.6. The number of ether oxygens (including phenoxy) is 3. The van der Waals surface area contributed by atoms with Crippen molar-refractivity contribution >= 4 is 41.1 Å². The van der Waals surface area contributed by atoms with E-state index in [4.69, 9.17) is 11.2 Å². The fourth-order valence-electron chi connectivity index (χ4n) is 2.71. The molecule has 0 unspecified atom stereocenters. The van der Waals surface area contributed by atoms with E-state index in [1.165, 1.54) is 24.3 Å². The van der Waals surface area contributed by atoms with Gasteiger partial charge in [0.15, 0.2) is 5.56 Å². The van der Waals surface area contributed by atoms with Crippen molar-refractivity contribution in [3.8, 4) is 0 Å². The fourth-order valence-corrected chi connectivity index (χ4v) is 2.71. The molecule has 2 aromatic rings. The van der Waals surface area contributed by atoms with Crippen molar-refractivity contribution in [2.45, 2.75) is 26.4 Å². The molecule has 1 amide bonds. The molecule has 0 aliphatic heterocycles. The van der Waals surface area contributed by atoms with Crippen LogP contribution in [-0.4, -0.2) is 65.9 Å². The van der Waals surface area contributed by atoms with Gasteiger partial charge in [0.2, 0.25) is 0 Å². The molecule has 0 fully saturated rings. The molecule has 0 aliphatic carbocycles. The normalized spacial score (nSPS) is 10.2. The number of carboxylic acid groups (broad SMARTS) is 1. The molecule has 0 saturated carbocycles. The summed E-state index contributed by atoms with van der Waals surface area (Å²) in [6.07, 6.45) is -0.901. The lowest BCUT2D eigenvalue weighted by molar-refractivity contribution is -0.385. The Morgan fingerprint density at radius 1 is 0.923 bits per heavy atom. The molecular weight excluding hydrogens is 529 g/mol. The lowest BCUT2D eigenvalue weighted by Gasteiger charge is -2.20. The van der Waals surface area contributed by atoms with Crippen LogP contribution in [0.15, 0.2) is 36.4 Å². The van der Waals surface area contributed by atoms with Crippen LogP contribution >= 0.6 is 0 Å². The highest BCUT2D eigenvalue weighted by Gasteiger charge is 2.28.